The van der Waals surface area contributed by atoms with E-state index in [2.05, 4.69) is 10.3 Å². The average Bonchev–Trinajstić information content (AvgIpc) is 2.88. The molecule has 108 valence electrons. The number of ketones is 1. The summed E-state index contributed by atoms with van der Waals surface area (Å²) < 4.78 is 23.5. The molecule has 0 unspecified atom stereocenters. The van der Waals surface area contributed by atoms with Gasteiger partial charge in [-0.25, -0.2) is 13.4 Å². The number of carbonyl (C=O) groups excluding carboxylic acids is 1. The van der Waals surface area contributed by atoms with Crippen molar-refractivity contribution in [3.8, 4) is 0 Å². The van der Waals surface area contributed by atoms with Crippen LogP contribution < -0.4 is 10.2 Å². The van der Waals surface area contributed by atoms with E-state index >= 15 is 0 Å². The molecule has 3 heterocycles. The molecule has 2 atom stereocenters. The molecule has 0 aliphatic carbocycles. The van der Waals surface area contributed by atoms with Gasteiger partial charge in [0.1, 0.15) is 0 Å². The van der Waals surface area contributed by atoms with Crippen molar-refractivity contribution in [3.05, 3.63) is 10.6 Å². The number of anilines is 1. The molecule has 0 saturated carbocycles. The highest BCUT2D eigenvalue weighted by molar-refractivity contribution is 7.91. The van der Waals surface area contributed by atoms with Gasteiger partial charge in [0.2, 0.25) is 0 Å². The standard InChI is InChI=1S/C11H13N3O3S3/c1-5-9(6(2)15)19-11(12-5)14-8-4-20(16,17)3-7(8)13-10(14)18/h7-8H,3-4H2,1-2H3,(H,13,18)/t7-,8+/m0/s1. The van der Waals surface area contributed by atoms with Crippen molar-refractivity contribution >= 4 is 49.4 Å². The Balaban J connectivity index is 1.99. The van der Waals surface area contributed by atoms with Gasteiger partial charge in [-0.05, 0) is 19.1 Å². The molecule has 0 spiro atoms. The molecule has 2 aliphatic rings. The fourth-order valence-corrected chi connectivity index (χ4v) is 5.99. The quantitative estimate of drug-likeness (QED) is 0.625. The summed E-state index contributed by atoms with van der Waals surface area (Å²) in [6.07, 6.45) is 0. The first kappa shape index (κ1) is 13.9. The minimum absolute atomic E-state index is 0.0417. The number of thiocarbonyl (C=S) groups is 1. The SMILES string of the molecule is CC(=O)c1sc(N2C(=S)N[C@H]3CS(=O)(=O)C[C@H]32)nc1C. The second-order valence-corrected chi connectivity index (χ2v) is 8.56. The number of sulfone groups is 1. The molecule has 9 heteroatoms. The molecule has 20 heavy (non-hydrogen) atoms. The number of nitrogens with zero attached hydrogens (tertiary/aromatic N) is 2. The van der Waals surface area contributed by atoms with Gasteiger partial charge in [0.15, 0.2) is 25.9 Å². The molecular formula is C11H13N3O3S3. The van der Waals surface area contributed by atoms with Gasteiger partial charge < -0.3 is 5.32 Å². The molecule has 0 amide bonds. The van der Waals surface area contributed by atoms with Crippen LogP contribution in [0.1, 0.15) is 22.3 Å². The summed E-state index contributed by atoms with van der Waals surface area (Å²) in [7, 11) is -3.04. The number of hydrogen-bond donors (Lipinski definition) is 1. The summed E-state index contributed by atoms with van der Waals surface area (Å²) in [5.74, 6) is 0.122. The van der Waals surface area contributed by atoms with Crippen LogP contribution in [-0.4, -0.2) is 47.9 Å². The highest BCUT2D eigenvalue weighted by Gasteiger charge is 2.48. The molecule has 2 saturated heterocycles. The third-order valence-corrected chi connectivity index (χ3v) is 6.78. The molecule has 1 N–H and O–H groups in total. The van der Waals surface area contributed by atoms with Crippen molar-refractivity contribution in [2.24, 2.45) is 0 Å². The third-order valence-electron chi connectivity index (χ3n) is 3.49. The van der Waals surface area contributed by atoms with Crippen LogP contribution in [0.5, 0.6) is 0 Å². The molecule has 3 rings (SSSR count). The molecule has 1 aromatic heterocycles. The van der Waals surface area contributed by atoms with Crippen LogP contribution in [-0.2, 0) is 9.84 Å². The molecule has 0 bridgehead atoms. The van der Waals surface area contributed by atoms with Crippen molar-refractivity contribution in [1.82, 2.24) is 10.3 Å². The van der Waals surface area contributed by atoms with E-state index in [9.17, 15) is 13.2 Å². The maximum absolute atomic E-state index is 11.7. The van der Waals surface area contributed by atoms with Gasteiger partial charge in [0.05, 0.1) is 34.2 Å². The second-order valence-electron chi connectivity index (χ2n) is 5.04. The molecule has 1 aromatic rings. The van der Waals surface area contributed by atoms with Crippen molar-refractivity contribution in [1.29, 1.82) is 0 Å². The van der Waals surface area contributed by atoms with E-state index < -0.39 is 9.84 Å². The predicted octanol–water partition coefficient (Wildman–Crippen LogP) is 0.514. The summed E-state index contributed by atoms with van der Waals surface area (Å²) in [6.45, 7) is 3.26. The van der Waals surface area contributed by atoms with E-state index in [1.165, 1.54) is 18.3 Å². The Morgan fingerprint density at radius 2 is 2.20 bits per heavy atom. The number of hydrogen-bond acceptors (Lipinski definition) is 6. The monoisotopic (exact) mass is 331 g/mol. The summed E-state index contributed by atoms with van der Waals surface area (Å²) in [6, 6.07) is -0.407. The maximum atomic E-state index is 11.7. The minimum atomic E-state index is -3.04. The Morgan fingerprint density at radius 3 is 2.80 bits per heavy atom. The van der Waals surface area contributed by atoms with E-state index in [0.717, 1.165) is 0 Å². The Hall–Kier alpha value is -1.06. The summed E-state index contributed by atoms with van der Waals surface area (Å²) in [5.41, 5.74) is 0.657. The normalized spacial score (nSPS) is 27.5. The summed E-state index contributed by atoms with van der Waals surface area (Å²) >= 11 is 6.53. The lowest BCUT2D eigenvalue weighted by molar-refractivity contribution is 0.102. The van der Waals surface area contributed by atoms with Crippen molar-refractivity contribution in [3.63, 3.8) is 0 Å². The highest BCUT2D eigenvalue weighted by atomic mass is 32.2. The Morgan fingerprint density at radius 1 is 1.50 bits per heavy atom. The number of rotatable bonds is 2. The number of Topliss-reactive ketones (excluding diaryl/α,β-unsaturated/α-hetero) is 1. The van der Waals surface area contributed by atoms with E-state index in [4.69, 9.17) is 12.2 Å². The lowest BCUT2D eigenvalue weighted by Gasteiger charge is -2.19. The first-order chi connectivity index (χ1) is 9.28. The van der Waals surface area contributed by atoms with Crippen LogP contribution in [0.4, 0.5) is 5.13 Å². The number of aromatic nitrogens is 1. The van der Waals surface area contributed by atoms with E-state index in [1.54, 1.807) is 11.8 Å². The Bertz CT molecular complexity index is 710. The number of aryl methyl sites for hydroxylation is 1. The van der Waals surface area contributed by atoms with Gasteiger partial charge in [-0.3, -0.25) is 9.69 Å². The van der Waals surface area contributed by atoms with Gasteiger partial charge in [-0.2, -0.15) is 0 Å². The molecule has 2 fully saturated rings. The Labute approximate surface area is 126 Å². The Kier molecular flexibility index (Phi) is 3.11. The molecule has 0 radical (unpaired) electrons. The van der Waals surface area contributed by atoms with Gasteiger partial charge in [0.25, 0.3) is 0 Å². The molecular weight excluding hydrogens is 318 g/mol. The molecule has 0 aromatic carbocycles. The second kappa shape index (κ2) is 4.47. The maximum Gasteiger partial charge on any atom is 0.192 e. The van der Waals surface area contributed by atoms with Crippen LogP contribution in [0, 0.1) is 6.92 Å². The zero-order chi connectivity index (χ0) is 14.7. The van der Waals surface area contributed by atoms with Crippen LogP contribution in [0.2, 0.25) is 0 Å². The van der Waals surface area contributed by atoms with Gasteiger partial charge in [0, 0.05) is 6.92 Å². The lowest BCUT2D eigenvalue weighted by atomic mass is 10.2. The van der Waals surface area contributed by atoms with Gasteiger partial charge >= 0.3 is 0 Å². The largest absolute Gasteiger partial charge is 0.356 e. The number of fused-ring (bicyclic) bond motifs is 1. The highest BCUT2D eigenvalue weighted by Crippen LogP contribution is 2.33. The van der Waals surface area contributed by atoms with Gasteiger partial charge in [-0.15, -0.1) is 0 Å². The zero-order valence-corrected chi connectivity index (χ0v) is 13.4. The van der Waals surface area contributed by atoms with Crippen LogP contribution in [0.3, 0.4) is 0 Å². The van der Waals surface area contributed by atoms with E-state index in [-0.39, 0.29) is 29.4 Å². The number of carbonyl (C=O) groups is 1. The molecule has 6 nitrogen and oxygen atoms in total. The van der Waals surface area contributed by atoms with Crippen molar-refractivity contribution in [2.45, 2.75) is 25.9 Å². The smallest absolute Gasteiger partial charge is 0.192 e. The van der Waals surface area contributed by atoms with Crippen molar-refractivity contribution in [2.75, 3.05) is 16.4 Å². The number of nitrogens with one attached hydrogen (secondary N) is 1. The first-order valence-electron chi connectivity index (χ1n) is 6.07. The summed E-state index contributed by atoms with van der Waals surface area (Å²) in [5, 5.41) is 4.12. The topological polar surface area (TPSA) is 79.4 Å². The fourth-order valence-electron chi connectivity index (χ4n) is 2.64. The van der Waals surface area contributed by atoms with E-state index in [1.807, 2.05) is 0 Å². The average molecular weight is 331 g/mol. The lowest BCUT2D eigenvalue weighted by Crippen LogP contribution is -2.36. The fraction of sp³-hybridized carbons (Fsp3) is 0.545. The zero-order valence-electron chi connectivity index (χ0n) is 10.9. The molecule has 2 aliphatic heterocycles. The first-order valence-corrected chi connectivity index (χ1v) is 9.11. The third kappa shape index (κ3) is 2.13. The summed E-state index contributed by atoms with van der Waals surface area (Å²) in [4.78, 5) is 18.2. The van der Waals surface area contributed by atoms with Gasteiger partial charge in [-0.1, -0.05) is 11.3 Å². The number of thiazole rings is 1. The van der Waals surface area contributed by atoms with Crippen LogP contribution >= 0.6 is 23.6 Å². The van der Waals surface area contributed by atoms with Crippen LogP contribution in [0.25, 0.3) is 0 Å². The van der Waals surface area contributed by atoms with E-state index in [0.29, 0.717) is 20.8 Å². The van der Waals surface area contributed by atoms with Crippen molar-refractivity contribution < 1.29 is 13.2 Å². The minimum Gasteiger partial charge on any atom is -0.356 e. The van der Waals surface area contributed by atoms with Crippen LogP contribution in [0.15, 0.2) is 0 Å². The predicted molar refractivity (Wildman–Crippen MR) is 81.3 cm³/mol.